The highest BCUT2D eigenvalue weighted by Crippen LogP contribution is 2.35. The highest BCUT2D eigenvalue weighted by molar-refractivity contribution is 5.94. The number of hydrogen-bond acceptors (Lipinski definition) is 4. The van der Waals surface area contributed by atoms with Crippen molar-refractivity contribution in [3.63, 3.8) is 0 Å². The van der Waals surface area contributed by atoms with Crippen LogP contribution in [0.5, 0.6) is 5.75 Å². The Morgan fingerprint density at radius 2 is 1.96 bits per heavy atom. The Balaban J connectivity index is 1.60. The van der Waals surface area contributed by atoms with Crippen LogP contribution in [0.25, 0.3) is 0 Å². The number of likely N-dealkylation sites (tertiary alicyclic amines) is 1. The molecular formula is C19H27NO4. The average Bonchev–Trinajstić information content (AvgIpc) is 2.58. The second-order valence-corrected chi connectivity index (χ2v) is 7.05. The summed E-state index contributed by atoms with van der Waals surface area (Å²) in [6.07, 6.45) is 2.83. The number of hydrogen-bond donors (Lipinski definition) is 1. The van der Waals surface area contributed by atoms with Crippen molar-refractivity contribution < 1.29 is 19.4 Å². The number of aliphatic hydroxyl groups excluding tert-OH is 1. The van der Waals surface area contributed by atoms with E-state index in [9.17, 15) is 9.90 Å². The van der Waals surface area contributed by atoms with Crippen molar-refractivity contribution in [2.45, 2.75) is 57.3 Å². The van der Waals surface area contributed by atoms with E-state index >= 15 is 0 Å². The minimum Gasteiger partial charge on any atom is -0.491 e. The molecule has 0 bridgehead atoms. The number of benzene rings is 1. The summed E-state index contributed by atoms with van der Waals surface area (Å²) in [6.45, 7) is 5.91. The van der Waals surface area contributed by atoms with Gasteiger partial charge in [-0.25, -0.2) is 0 Å². The number of carbonyl (C=O) groups excluding carboxylic acids is 1. The van der Waals surface area contributed by atoms with Crippen LogP contribution in [0.15, 0.2) is 24.3 Å². The third kappa shape index (κ3) is 3.57. The lowest BCUT2D eigenvalue weighted by molar-refractivity contribution is -0.174. The minimum absolute atomic E-state index is 0.0336. The van der Waals surface area contributed by atoms with Crippen LogP contribution in [0.3, 0.4) is 0 Å². The van der Waals surface area contributed by atoms with E-state index in [1.807, 2.05) is 43.0 Å². The van der Waals surface area contributed by atoms with Gasteiger partial charge in [-0.15, -0.1) is 0 Å². The van der Waals surface area contributed by atoms with Crippen molar-refractivity contribution in [1.82, 2.24) is 4.90 Å². The van der Waals surface area contributed by atoms with E-state index in [2.05, 4.69) is 0 Å². The third-order valence-corrected chi connectivity index (χ3v) is 4.99. The van der Waals surface area contributed by atoms with Crippen LogP contribution in [0, 0.1) is 0 Å². The van der Waals surface area contributed by atoms with E-state index in [4.69, 9.17) is 9.47 Å². The van der Waals surface area contributed by atoms with E-state index in [0.29, 0.717) is 38.1 Å². The van der Waals surface area contributed by atoms with Gasteiger partial charge in [0.05, 0.1) is 17.8 Å². The normalized spacial score (nSPS) is 23.5. The van der Waals surface area contributed by atoms with Crippen molar-refractivity contribution in [2.24, 2.45) is 0 Å². The fourth-order valence-electron chi connectivity index (χ4n) is 3.61. The summed E-state index contributed by atoms with van der Waals surface area (Å²) >= 11 is 0. The van der Waals surface area contributed by atoms with Gasteiger partial charge < -0.3 is 19.5 Å². The third-order valence-electron chi connectivity index (χ3n) is 4.99. The van der Waals surface area contributed by atoms with E-state index in [1.165, 1.54) is 0 Å². The number of rotatable bonds is 3. The van der Waals surface area contributed by atoms with Gasteiger partial charge in [0.1, 0.15) is 5.75 Å². The first-order valence-corrected chi connectivity index (χ1v) is 8.88. The summed E-state index contributed by atoms with van der Waals surface area (Å²) in [4.78, 5) is 14.5. The molecule has 3 rings (SSSR count). The van der Waals surface area contributed by atoms with Gasteiger partial charge in [0.2, 0.25) is 0 Å². The van der Waals surface area contributed by atoms with Gasteiger partial charge in [0.15, 0.2) is 0 Å². The molecule has 0 aromatic heterocycles. The van der Waals surface area contributed by atoms with Gasteiger partial charge in [0, 0.05) is 25.3 Å². The van der Waals surface area contributed by atoms with Gasteiger partial charge in [0.25, 0.3) is 5.91 Å². The molecule has 2 aliphatic rings. The Labute approximate surface area is 143 Å². The second kappa shape index (κ2) is 7.11. The summed E-state index contributed by atoms with van der Waals surface area (Å²) in [5.74, 6) is 0.809. The largest absolute Gasteiger partial charge is 0.491 e. The van der Waals surface area contributed by atoms with Crippen LogP contribution in [0.2, 0.25) is 0 Å². The van der Waals surface area contributed by atoms with Crippen LogP contribution < -0.4 is 4.74 Å². The van der Waals surface area contributed by atoms with Crippen LogP contribution in [-0.4, -0.2) is 53.4 Å². The molecule has 5 heteroatoms. The molecule has 1 amide bonds. The molecule has 2 heterocycles. The average molecular weight is 333 g/mol. The molecule has 2 aliphatic heterocycles. The van der Waals surface area contributed by atoms with Crippen LogP contribution >= 0.6 is 0 Å². The molecule has 2 fully saturated rings. The SMILES string of the molecule is CC(C)Oc1ccc(C(=O)N2CCC3(CC2)OCCC[C@@H]3O)cc1. The van der Waals surface area contributed by atoms with E-state index in [-0.39, 0.29) is 12.0 Å². The number of piperidine rings is 1. The van der Waals surface area contributed by atoms with E-state index < -0.39 is 11.7 Å². The zero-order valence-electron chi connectivity index (χ0n) is 14.5. The monoisotopic (exact) mass is 333 g/mol. The molecule has 132 valence electrons. The van der Waals surface area contributed by atoms with Gasteiger partial charge in [-0.1, -0.05) is 0 Å². The highest BCUT2D eigenvalue weighted by atomic mass is 16.5. The van der Waals surface area contributed by atoms with Crippen molar-refractivity contribution in [1.29, 1.82) is 0 Å². The maximum Gasteiger partial charge on any atom is 0.253 e. The molecule has 0 saturated carbocycles. The van der Waals surface area contributed by atoms with Gasteiger partial charge in [-0.05, 0) is 63.8 Å². The van der Waals surface area contributed by atoms with Crippen molar-refractivity contribution in [3.8, 4) is 5.75 Å². The first-order chi connectivity index (χ1) is 11.5. The molecule has 5 nitrogen and oxygen atoms in total. The summed E-state index contributed by atoms with van der Waals surface area (Å²) in [6, 6.07) is 7.31. The smallest absolute Gasteiger partial charge is 0.253 e. The topological polar surface area (TPSA) is 59.0 Å². The summed E-state index contributed by atoms with van der Waals surface area (Å²) in [7, 11) is 0. The summed E-state index contributed by atoms with van der Waals surface area (Å²) in [5, 5.41) is 10.3. The quantitative estimate of drug-likeness (QED) is 0.924. The molecule has 2 saturated heterocycles. The maximum absolute atomic E-state index is 12.7. The Hall–Kier alpha value is -1.59. The summed E-state index contributed by atoms with van der Waals surface area (Å²) in [5.41, 5.74) is 0.233. The number of nitrogens with zero attached hydrogens (tertiary/aromatic N) is 1. The fourth-order valence-corrected chi connectivity index (χ4v) is 3.61. The zero-order valence-corrected chi connectivity index (χ0v) is 14.5. The van der Waals surface area contributed by atoms with E-state index in [0.717, 1.165) is 18.6 Å². The standard InChI is InChI=1S/C19H27NO4/c1-14(2)24-16-7-5-15(6-8-16)18(22)20-11-9-19(10-12-20)17(21)4-3-13-23-19/h5-8,14,17,21H,3-4,9-13H2,1-2H3/t17-/m0/s1. The number of amides is 1. The van der Waals surface area contributed by atoms with Crippen LogP contribution in [0.1, 0.15) is 49.9 Å². The predicted octanol–water partition coefficient (Wildman–Crippen LogP) is 2.62. The van der Waals surface area contributed by atoms with Crippen LogP contribution in [-0.2, 0) is 4.74 Å². The molecule has 0 aliphatic carbocycles. The maximum atomic E-state index is 12.7. The van der Waals surface area contributed by atoms with Gasteiger partial charge in [-0.3, -0.25) is 4.79 Å². The first kappa shape index (κ1) is 17.2. The van der Waals surface area contributed by atoms with E-state index in [1.54, 1.807) is 0 Å². The molecule has 0 unspecified atom stereocenters. The van der Waals surface area contributed by atoms with Crippen molar-refractivity contribution in [2.75, 3.05) is 19.7 Å². The number of ether oxygens (including phenoxy) is 2. The highest BCUT2D eigenvalue weighted by Gasteiger charge is 2.44. The zero-order chi connectivity index (χ0) is 17.2. The van der Waals surface area contributed by atoms with Crippen molar-refractivity contribution >= 4 is 5.91 Å². The van der Waals surface area contributed by atoms with Gasteiger partial charge >= 0.3 is 0 Å². The second-order valence-electron chi connectivity index (χ2n) is 7.05. The first-order valence-electron chi connectivity index (χ1n) is 8.88. The van der Waals surface area contributed by atoms with Gasteiger partial charge in [-0.2, -0.15) is 0 Å². The Morgan fingerprint density at radius 3 is 2.54 bits per heavy atom. The van der Waals surface area contributed by atoms with Crippen molar-refractivity contribution in [3.05, 3.63) is 29.8 Å². The molecule has 1 aromatic rings. The predicted molar refractivity (Wildman–Crippen MR) is 91.3 cm³/mol. The molecule has 0 radical (unpaired) electrons. The molecule has 1 aromatic carbocycles. The Kier molecular flexibility index (Phi) is 5.11. The number of aliphatic hydroxyl groups is 1. The lowest BCUT2D eigenvalue weighted by Crippen LogP contribution is -2.56. The Morgan fingerprint density at radius 1 is 1.29 bits per heavy atom. The summed E-state index contributed by atoms with van der Waals surface area (Å²) < 4.78 is 11.5. The molecule has 1 atom stereocenters. The number of carbonyl (C=O) groups is 1. The fraction of sp³-hybridized carbons (Fsp3) is 0.632. The lowest BCUT2D eigenvalue weighted by atomic mass is 9.82. The van der Waals surface area contributed by atoms with Crippen LogP contribution in [0.4, 0.5) is 0 Å². The molecule has 1 N–H and O–H groups in total. The lowest BCUT2D eigenvalue weighted by Gasteiger charge is -2.46. The molecule has 1 spiro atoms. The molecular weight excluding hydrogens is 306 g/mol. The minimum atomic E-state index is -0.440. The molecule has 24 heavy (non-hydrogen) atoms. The Bertz CT molecular complexity index is 561.